The molecule has 1 fully saturated rings. The van der Waals surface area contributed by atoms with Gasteiger partial charge >= 0.3 is 11.7 Å². The number of thioether (sulfide) groups is 1. The van der Waals surface area contributed by atoms with E-state index in [-0.39, 0.29) is 30.5 Å². The Bertz CT molecular complexity index is 625. The summed E-state index contributed by atoms with van der Waals surface area (Å²) in [6.07, 6.45) is -0.232. The third kappa shape index (κ3) is 4.22. The largest absolute Gasteiger partial charge is 0.481 e. The normalized spacial score (nSPS) is 18.5. The average Bonchev–Trinajstić information content (AvgIpc) is 2.37. The van der Waals surface area contributed by atoms with E-state index >= 15 is 0 Å². The Labute approximate surface area is 123 Å². The van der Waals surface area contributed by atoms with E-state index < -0.39 is 17.2 Å². The molecule has 1 aliphatic rings. The van der Waals surface area contributed by atoms with Gasteiger partial charge < -0.3 is 15.0 Å². The van der Waals surface area contributed by atoms with Crippen molar-refractivity contribution in [1.29, 1.82) is 0 Å². The number of hydrogen-bond donors (Lipinski definition) is 3. The Hall–Kier alpha value is -2.03. The molecular weight excluding hydrogens is 298 g/mol. The van der Waals surface area contributed by atoms with Gasteiger partial charge in [-0.1, -0.05) is 0 Å². The molecule has 0 aliphatic carbocycles. The van der Waals surface area contributed by atoms with E-state index in [9.17, 15) is 19.2 Å². The van der Waals surface area contributed by atoms with Crippen molar-refractivity contribution < 1.29 is 14.7 Å². The van der Waals surface area contributed by atoms with Crippen molar-refractivity contribution in [3.8, 4) is 0 Å². The molecule has 0 aromatic carbocycles. The summed E-state index contributed by atoms with van der Waals surface area (Å²) in [6, 6.07) is 0.798. The van der Waals surface area contributed by atoms with E-state index in [1.165, 1.54) is 4.90 Å². The van der Waals surface area contributed by atoms with Crippen LogP contribution in [-0.4, -0.2) is 55.9 Å². The van der Waals surface area contributed by atoms with Gasteiger partial charge in [0, 0.05) is 29.8 Å². The van der Waals surface area contributed by atoms with Crippen molar-refractivity contribution >= 4 is 23.6 Å². The van der Waals surface area contributed by atoms with Crippen molar-refractivity contribution in [2.75, 3.05) is 18.1 Å². The Morgan fingerprint density at radius 2 is 2.14 bits per heavy atom. The summed E-state index contributed by atoms with van der Waals surface area (Å²) in [4.78, 5) is 51.4. The minimum absolute atomic E-state index is 0.107. The van der Waals surface area contributed by atoms with E-state index in [1.807, 2.05) is 4.98 Å². The molecule has 0 bridgehead atoms. The highest BCUT2D eigenvalue weighted by Gasteiger charge is 2.28. The fourth-order valence-corrected chi connectivity index (χ4v) is 3.30. The molecule has 8 nitrogen and oxygen atoms in total. The van der Waals surface area contributed by atoms with E-state index in [0.717, 1.165) is 11.8 Å². The van der Waals surface area contributed by atoms with Crippen molar-refractivity contribution in [2.45, 2.75) is 18.9 Å². The molecule has 1 aromatic rings. The lowest BCUT2D eigenvalue weighted by Gasteiger charge is -2.34. The van der Waals surface area contributed by atoms with Gasteiger partial charge in [-0.3, -0.25) is 19.4 Å². The van der Waals surface area contributed by atoms with Gasteiger partial charge in [-0.25, -0.2) is 4.79 Å². The fourth-order valence-electron chi connectivity index (χ4n) is 2.23. The number of aliphatic carboxylic acids is 1. The zero-order valence-corrected chi connectivity index (χ0v) is 11.9. The van der Waals surface area contributed by atoms with E-state index in [1.54, 1.807) is 11.8 Å². The SMILES string of the molecule is O=C(O)CC1CSCCN1C(=O)Cc1cc(=O)[nH]c(=O)[nH]1. The van der Waals surface area contributed by atoms with Gasteiger partial charge in [0.25, 0.3) is 5.56 Å². The lowest BCUT2D eigenvalue weighted by atomic mass is 10.1. The van der Waals surface area contributed by atoms with E-state index in [2.05, 4.69) is 4.98 Å². The van der Waals surface area contributed by atoms with Crippen molar-refractivity contribution in [3.05, 3.63) is 32.6 Å². The molecule has 1 aliphatic heterocycles. The smallest absolute Gasteiger partial charge is 0.325 e. The van der Waals surface area contributed by atoms with Crippen LogP contribution in [0.25, 0.3) is 0 Å². The Kier molecular flexibility index (Phi) is 4.84. The molecule has 0 radical (unpaired) electrons. The quantitative estimate of drug-likeness (QED) is 0.657. The minimum Gasteiger partial charge on any atom is -0.481 e. The lowest BCUT2D eigenvalue weighted by molar-refractivity contribution is -0.140. The predicted molar refractivity (Wildman–Crippen MR) is 76.5 cm³/mol. The Morgan fingerprint density at radius 3 is 2.81 bits per heavy atom. The summed E-state index contributed by atoms with van der Waals surface area (Å²) in [5.74, 6) is 0.0742. The summed E-state index contributed by atoms with van der Waals surface area (Å²) >= 11 is 1.61. The third-order valence-electron chi connectivity index (χ3n) is 3.12. The number of aromatic amines is 2. The molecule has 2 heterocycles. The molecule has 1 aromatic heterocycles. The molecule has 1 unspecified atom stereocenters. The highest BCUT2D eigenvalue weighted by Crippen LogP contribution is 2.19. The molecular formula is C12H15N3O5S. The number of H-pyrrole nitrogens is 2. The average molecular weight is 313 g/mol. The van der Waals surface area contributed by atoms with E-state index in [0.29, 0.717) is 12.3 Å². The first-order chi connectivity index (χ1) is 9.95. The van der Waals surface area contributed by atoms with Gasteiger partial charge in [-0.05, 0) is 0 Å². The molecule has 0 saturated carbocycles. The number of nitrogens with one attached hydrogen (secondary N) is 2. The van der Waals surface area contributed by atoms with Gasteiger partial charge in [0.05, 0.1) is 18.9 Å². The molecule has 1 atom stereocenters. The highest BCUT2D eigenvalue weighted by atomic mass is 32.2. The highest BCUT2D eigenvalue weighted by molar-refractivity contribution is 7.99. The zero-order chi connectivity index (χ0) is 15.4. The number of amides is 1. The number of rotatable bonds is 4. The second kappa shape index (κ2) is 6.61. The van der Waals surface area contributed by atoms with Gasteiger partial charge in [0.1, 0.15) is 0 Å². The molecule has 0 spiro atoms. The van der Waals surface area contributed by atoms with Gasteiger partial charge in [-0.2, -0.15) is 11.8 Å². The number of carbonyl (C=O) groups is 2. The second-order valence-corrected chi connectivity index (χ2v) is 5.85. The van der Waals surface area contributed by atoms with Gasteiger partial charge in [0.15, 0.2) is 0 Å². The summed E-state index contributed by atoms with van der Waals surface area (Å²) < 4.78 is 0. The summed E-state index contributed by atoms with van der Waals surface area (Å²) in [5.41, 5.74) is -1.01. The monoisotopic (exact) mass is 313 g/mol. The standard InChI is InChI=1S/C12H15N3O5S/c16-9-3-7(13-12(20)14-9)4-10(17)15-1-2-21-6-8(15)5-11(18)19/h3,8H,1-2,4-6H2,(H,18,19)(H2,13,14,16,20). The first kappa shape index (κ1) is 15.4. The maximum absolute atomic E-state index is 12.3. The van der Waals surface area contributed by atoms with Crippen LogP contribution in [0.1, 0.15) is 12.1 Å². The van der Waals surface area contributed by atoms with Crippen molar-refractivity contribution in [1.82, 2.24) is 14.9 Å². The molecule has 1 amide bonds. The number of hydrogen-bond acceptors (Lipinski definition) is 5. The van der Waals surface area contributed by atoms with Crippen LogP contribution in [-0.2, 0) is 16.0 Å². The van der Waals surface area contributed by atoms with Crippen LogP contribution in [0.5, 0.6) is 0 Å². The van der Waals surface area contributed by atoms with Crippen LogP contribution in [0.2, 0.25) is 0 Å². The van der Waals surface area contributed by atoms with Gasteiger partial charge in [0.2, 0.25) is 5.91 Å². The number of aromatic nitrogens is 2. The maximum Gasteiger partial charge on any atom is 0.325 e. The molecule has 2 rings (SSSR count). The molecule has 21 heavy (non-hydrogen) atoms. The maximum atomic E-state index is 12.3. The minimum atomic E-state index is -0.954. The Morgan fingerprint density at radius 1 is 1.38 bits per heavy atom. The number of carbonyl (C=O) groups excluding carboxylic acids is 1. The molecule has 1 saturated heterocycles. The van der Waals surface area contributed by atoms with E-state index in [4.69, 9.17) is 5.11 Å². The second-order valence-electron chi connectivity index (χ2n) is 4.70. The lowest BCUT2D eigenvalue weighted by Crippen LogP contribution is -2.48. The first-order valence-electron chi connectivity index (χ1n) is 6.37. The molecule has 9 heteroatoms. The number of carboxylic acid groups (broad SMARTS) is 1. The summed E-state index contributed by atoms with van der Waals surface area (Å²) in [5, 5.41) is 8.89. The van der Waals surface area contributed by atoms with Crippen LogP contribution in [0.15, 0.2) is 15.7 Å². The van der Waals surface area contributed by atoms with Crippen molar-refractivity contribution in [3.63, 3.8) is 0 Å². The zero-order valence-electron chi connectivity index (χ0n) is 11.1. The summed E-state index contributed by atoms with van der Waals surface area (Å²) in [6.45, 7) is 0.467. The van der Waals surface area contributed by atoms with Crippen LogP contribution >= 0.6 is 11.8 Å². The third-order valence-corrected chi connectivity index (χ3v) is 4.21. The topological polar surface area (TPSA) is 123 Å². The Balaban J connectivity index is 2.11. The van der Waals surface area contributed by atoms with Crippen LogP contribution in [0.3, 0.4) is 0 Å². The number of carboxylic acids is 1. The fraction of sp³-hybridized carbons (Fsp3) is 0.500. The first-order valence-corrected chi connectivity index (χ1v) is 7.52. The predicted octanol–water partition coefficient (Wildman–Crippen LogP) is -0.976. The molecule has 3 N–H and O–H groups in total. The van der Waals surface area contributed by atoms with Crippen LogP contribution in [0, 0.1) is 0 Å². The molecule has 114 valence electrons. The van der Waals surface area contributed by atoms with Crippen LogP contribution < -0.4 is 11.2 Å². The summed E-state index contributed by atoms with van der Waals surface area (Å²) in [7, 11) is 0. The van der Waals surface area contributed by atoms with Gasteiger partial charge in [-0.15, -0.1) is 0 Å². The number of nitrogens with zero attached hydrogens (tertiary/aromatic N) is 1. The van der Waals surface area contributed by atoms with Crippen LogP contribution in [0.4, 0.5) is 0 Å². The van der Waals surface area contributed by atoms with Crippen molar-refractivity contribution in [2.24, 2.45) is 0 Å².